The van der Waals surface area contributed by atoms with E-state index in [1.54, 1.807) is 24.5 Å². The predicted molar refractivity (Wildman–Crippen MR) is 82.5 cm³/mol. The Bertz CT molecular complexity index is 855. The summed E-state index contributed by atoms with van der Waals surface area (Å²) in [5.41, 5.74) is 0.689. The molecular weight excluding hydrogens is 299 g/mol. The van der Waals surface area contributed by atoms with Gasteiger partial charge in [-0.1, -0.05) is 12.1 Å². The van der Waals surface area contributed by atoms with Crippen molar-refractivity contribution in [3.05, 3.63) is 64.5 Å². The summed E-state index contributed by atoms with van der Waals surface area (Å²) in [5.74, 6) is -0.195. The molecule has 0 aliphatic carbocycles. The second-order valence-electron chi connectivity index (χ2n) is 5.13. The van der Waals surface area contributed by atoms with Gasteiger partial charge in [0, 0.05) is 18.9 Å². The number of imidazole rings is 1. The van der Waals surface area contributed by atoms with Crippen LogP contribution in [0.3, 0.4) is 0 Å². The molecule has 6 nitrogen and oxygen atoms in total. The van der Waals surface area contributed by atoms with Gasteiger partial charge in [0.15, 0.2) is 11.6 Å². The van der Waals surface area contributed by atoms with Crippen LogP contribution in [-0.2, 0) is 13.0 Å². The molecule has 0 saturated carbocycles. The highest BCUT2D eigenvalue weighted by Gasteiger charge is 2.13. The topological polar surface area (TPSA) is 83.8 Å². The molecule has 0 saturated heterocycles. The molecule has 3 rings (SSSR count). The lowest BCUT2D eigenvalue weighted by atomic mass is 10.1. The largest absolute Gasteiger partial charge is 0.503 e. The number of aromatic nitrogens is 4. The van der Waals surface area contributed by atoms with Crippen LogP contribution in [-0.4, -0.2) is 24.9 Å². The first-order valence-electron chi connectivity index (χ1n) is 7.18. The fourth-order valence-electron chi connectivity index (χ4n) is 2.37. The highest BCUT2D eigenvalue weighted by molar-refractivity contribution is 5.57. The molecule has 7 heteroatoms. The Morgan fingerprint density at radius 2 is 2.04 bits per heavy atom. The standard InChI is InChI=1S/C16H15FN4O2/c17-12-5-3-11(4-6-12)2-1-8-21-9-7-18-16(21)14-15(23)13(22)10-19-20-14/h3-7,9-10H,1-2,8H2,(H,19,23)(H,20,22). The fraction of sp³-hybridized carbons (Fsp3) is 0.188. The average Bonchev–Trinajstić information content (AvgIpc) is 3.00. The Morgan fingerprint density at radius 3 is 2.83 bits per heavy atom. The van der Waals surface area contributed by atoms with Gasteiger partial charge in [-0.2, -0.15) is 5.10 Å². The maximum atomic E-state index is 12.9. The number of aromatic amines is 1. The van der Waals surface area contributed by atoms with E-state index in [-0.39, 0.29) is 11.5 Å². The van der Waals surface area contributed by atoms with Crippen molar-refractivity contribution in [1.82, 2.24) is 19.7 Å². The molecule has 3 aromatic rings. The third kappa shape index (κ3) is 3.28. The molecule has 23 heavy (non-hydrogen) atoms. The minimum Gasteiger partial charge on any atom is -0.503 e. The van der Waals surface area contributed by atoms with Gasteiger partial charge in [-0.15, -0.1) is 0 Å². The normalized spacial score (nSPS) is 10.8. The molecule has 0 amide bonds. The van der Waals surface area contributed by atoms with E-state index in [0.29, 0.717) is 12.4 Å². The van der Waals surface area contributed by atoms with Gasteiger partial charge in [0.1, 0.15) is 11.5 Å². The molecule has 0 bridgehead atoms. The number of nitrogens with zero attached hydrogens (tertiary/aromatic N) is 3. The minimum atomic E-state index is -0.556. The van der Waals surface area contributed by atoms with Gasteiger partial charge in [0.25, 0.3) is 0 Å². The molecular formula is C16H15FN4O2. The van der Waals surface area contributed by atoms with Crippen LogP contribution in [0.15, 0.2) is 47.7 Å². The molecule has 0 unspecified atom stereocenters. The van der Waals surface area contributed by atoms with Crippen LogP contribution < -0.4 is 5.43 Å². The highest BCUT2D eigenvalue weighted by Crippen LogP contribution is 2.21. The zero-order chi connectivity index (χ0) is 16.2. The molecule has 1 aromatic carbocycles. The highest BCUT2D eigenvalue weighted by atomic mass is 19.1. The minimum absolute atomic E-state index is 0.198. The van der Waals surface area contributed by atoms with Crippen LogP contribution in [0.2, 0.25) is 0 Å². The van der Waals surface area contributed by atoms with Crippen molar-refractivity contribution in [2.75, 3.05) is 0 Å². The Balaban J connectivity index is 1.73. The summed E-state index contributed by atoms with van der Waals surface area (Å²) < 4.78 is 14.7. The quantitative estimate of drug-likeness (QED) is 0.755. The SMILES string of the molecule is O=c1cn[nH]c(-c2nccn2CCCc2ccc(F)cc2)c1O. The molecule has 2 aromatic heterocycles. The fourth-order valence-corrected chi connectivity index (χ4v) is 2.37. The number of nitrogens with one attached hydrogen (secondary N) is 1. The molecule has 0 fully saturated rings. The van der Waals surface area contributed by atoms with E-state index in [1.807, 2.05) is 4.57 Å². The molecule has 0 radical (unpaired) electrons. The van der Waals surface area contributed by atoms with E-state index >= 15 is 0 Å². The molecule has 0 aliphatic rings. The van der Waals surface area contributed by atoms with Gasteiger partial charge >= 0.3 is 0 Å². The van der Waals surface area contributed by atoms with Crippen LogP contribution in [0, 0.1) is 5.82 Å². The number of aromatic hydroxyl groups is 1. The number of hydrogen-bond acceptors (Lipinski definition) is 4. The maximum Gasteiger partial charge on any atom is 0.242 e. The molecule has 118 valence electrons. The first-order chi connectivity index (χ1) is 11.1. The zero-order valence-electron chi connectivity index (χ0n) is 12.2. The van der Waals surface area contributed by atoms with Crippen LogP contribution in [0.1, 0.15) is 12.0 Å². The number of aryl methyl sites for hydroxylation is 2. The number of H-pyrrole nitrogens is 1. The van der Waals surface area contributed by atoms with Gasteiger partial charge in [-0.3, -0.25) is 9.89 Å². The van der Waals surface area contributed by atoms with E-state index in [2.05, 4.69) is 15.2 Å². The van der Waals surface area contributed by atoms with Gasteiger partial charge < -0.3 is 9.67 Å². The summed E-state index contributed by atoms with van der Waals surface area (Å²) >= 11 is 0. The van der Waals surface area contributed by atoms with E-state index < -0.39 is 11.2 Å². The number of hydrogen-bond donors (Lipinski definition) is 2. The molecule has 2 heterocycles. The van der Waals surface area contributed by atoms with Crippen molar-refractivity contribution in [3.63, 3.8) is 0 Å². The molecule has 2 N–H and O–H groups in total. The third-order valence-corrected chi connectivity index (χ3v) is 3.55. The molecule has 0 aliphatic heterocycles. The summed E-state index contributed by atoms with van der Waals surface area (Å²) in [5, 5.41) is 16.2. The number of benzene rings is 1. The van der Waals surface area contributed by atoms with Crippen molar-refractivity contribution >= 4 is 0 Å². The lowest BCUT2D eigenvalue weighted by molar-refractivity contribution is 0.466. The Morgan fingerprint density at radius 1 is 1.26 bits per heavy atom. The van der Waals surface area contributed by atoms with Crippen molar-refractivity contribution in [3.8, 4) is 17.3 Å². The summed E-state index contributed by atoms with van der Waals surface area (Å²) in [6.45, 7) is 0.642. The summed E-state index contributed by atoms with van der Waals surface area (Å²) in [6.07, 6.45) is 5.97. The van der Waals surface area contributed by atoms with Gasteiger partial charge in [0.05, 0.1) is 6.20 Å². The number of halogens is 1. The van der Waals surface area contributed by atoms with Gasteiger partial charge in [0.2, 0.25) is 5.43 Å². The maximum absolute atomic E-state index is 12.9. The van der Waals surface area contributed by atoms with E-state index in [4.69, 9.17) is 0 Å². The van der Waals surface area contributed by atoms with Crippen molar-refractivity contribution in [2.45, 2.75) is 19.4 Å². The predicted octanol–water partition coefficient (Wildman–Crippen LogP) is 2.11. The third-order valence-electron chi connectivity index (χ3n) is 3.55. The summed E-state index contributed by atoms with van der Waals surface area (Å²) in [4.78, 5) is 15.6. The monoisotopic (exact) mass is 314 g/mol. The lowest BCUT2D eigenvalue weighted by Crippen LogP contribution is -2.08. The first-order valence-corrected chi connectivity index (χ1v) is 7.18. The average molecular weight is 314 g/mol. The van der Waals surface area contributed by atoms with E-state index in [9.17, 15) is 14.3 Å². The lowest BCUT2D eigenvalue weighted by Gasteiger charge is -2.08. The van der Waals surface area contributed by atoms with E-state index in [1.165, 1.54) is 12.1 Å². The Kier molecular flexibility index (Phi) is 4.18. The molecule has 0 atom stereocenters. The Hall–Kier alpha value is -2.96. The summed E-state index contributed by atoms with van der Waals surface area (Å²) in [7, 11) is 0. The second-order valence-corrected chi connectivity index (χ2v) is 5.13. The smallest absolute Gasteiger partial charge is 0.242 e. The van der Waals surface area contributed by atoms with Crippen LogP contribution in [0.25, 0.3) is 11.5 Å². The van der Waals surface area contributed by atoms with Gasteiger partial charge in [-0.05, 0) is 30.5 Å². The summed E-state index contributed by atoms with van der Waals surface area (Å²) in [6, 6.07) is 6.40. The van der Waals surface area contributed by atoms with Crippen molar-refractivity contribution in [1.29, 1.82) is 0 Å². The van der Waals surface area contributed by atoms with Crippen LogP contribution in [0.4, 0.5) is 4.39 Å². The second kappa shape index (κ2) is 6.43. The van der Waals surface area contributed by atoms with Crippen molar-refractivity contribution in [2.24, 2.45) is 0 Å². The first kappa shape index (κ1) is 15.0. The van der Waals surface area contributed by atoms with Crippen LogP contribution in [0.5, 0.6) is 5.75 Å². The van der Waals surface area contributed by atoms with E-state index in [0.717, 1.165) is 24.6 Å². The Labute approximate surface area is 131 Å². The molecule has 0 spiro atoms. The zero-order valence-corrected chi connectivity index (χ0v) is 12.2. The van der Waals surface area contributed by atoms with Crippen LogP contribution >= 0.6 is 0 Å². The number of rotatable bonds is 5. The van der Waals surface area contributed by atoms with Gasteiger partial charge in [-0.25, -0.2) is 9.37 Å². The van der Waals surface area contributed by atoms with Crippen molar-refractivity contribution < 1.29 is 9.50 Å².